The van der Waals surface area contributed by atoms with E-state index in [1.807, 2.05) is 6.07 Å². The molecule has 1 aromatic heterocycles. The van der Waals surface area contributed by atoms with Gasteiger partial charge in [0, 0.05) is 41.7 Å². The van der Waals surface area contributed by atoms with E-state index in [9.17, 15) is 0 Å². The van der Waals surface area contributed by atoms with Gasteiger partial charge in [-0.2, -0.15) is 0 Å². The number of benzene rings is 1. The zero-order valence-electron chi connectivity index (χ0n) is 11.3. The Bertz CT molecular complexity index is 611. The van der Waals surface area contributed by atoms with Crippen molar-refractivity contribution in [3.05, 3.63) is 41.7 Å². The van der Waals surface area contributed by atoms with Crippen molar-refractivity contribution in [2.24, 2.45) is 10.7 Å². The maximum atomic E-state index is 5.67. The summed E-state index contributed by atoms with van der Waals surface area (Å²) < 4.78 is 4.95. The molecule has 0 bridgehead atoms. The third kappa shape index (κ3) is 3.03. The molecule has 1 aromatic carbocycles. The second kappa shape index (κ2) is 6.20. The average Bonchev–Trinajstić information content (AvgIpc) is 2.84. The lowest BCUT2D eigenvalue weighted by Crippen LogP contribution is -1.96. The zero-order valence-corrected chi connectivity index (χ0v) is 11.3. The smallest absolute Gasteiger partial charge is 0.0658 e. The number of hydrogen-bond donors (Lipinski definition) is 2. The Kier molecular flexibility index (Phi) is 4.36. The summed E-state index contributed by atoms with van der Waals surface area (Å²) in [5, 5.41) is 1.21. The molecule has 0 aliphatic heterocycles. The molecule has 0 unspecified atom stereocenters. The quantitative estimate of drug-likeness (QED) is 0.638. The third-order valence-corrected chi connectivity index (χ3v) is 3.03. The van der Waals surface area contributed by atoms with E-state index in [1.165, 1.54) is 10.9 Å². The fourth-order valence-electron chi connectivity index (χ4n) is 1.97. The minimum atomic E-state index is 0.611. The first-order chi connectivity index (χ1) is 9.26. The van der Waals surface area contributed by atoms with Crippen LogP contribution in [-0.2, 0) is 4.74 Å². The topological polar surface area (TPSA) is 63.4 Å². The van der Waals surface area contributed by atoms with Crippen molar-refractivity contribution in [3.8, 4) is 0 Å². The average molecular weight is 257 g/mol. The van der Waals surface area contributed by atoms with Crippen LogP contribution in [0.4, 0.5) is 0 Å². The number of aromatic nitrogens is 1. The Morgan fingerprint density at radius 1 is 1.47 bits per heavy atom. The summed E-state index contributed by atoms with van der Waals surface area (Å²) >= 11 is 0. The van der Waals surface area contributed by atoms with Gasteiger partial charge >= 0.3 is 0 Å². The molecular weight excluding hydrogens is 238 g/mol. The Balaban J connectivity index is 2.27. The first-order valence-electron chi connectivity index (χ1n) is 6.25. The number of aliphatic imine (C=N–C) groups is 1. The molecule has 4 heteroatoms. The van der Waals surface area contributed by atoms with Crippen molar-refractivity contribution in [2.75, 3.05) is 20.3 Å². The van der Waals surface area contributed by atoms with Gasteiger partial charge in [0.2, 0.25) is 0 Å². The van der Waals surface area contributed by atoms with Gasteiger partial charge in [0.25, 0.3) is 0 Å². The van der Waals surface area contributed by atoms with Crippen molar-refractivity contribution in [1.29, 1.82) is 0 Å². The molecule has 2 rings (SSSR count). The van der Waals surface area contributed by atoms with E-state index in [-0.39, 0.29) is 0 Å². The number of nitrogens with zero attached hydrogens (tertiary/aromatic N) is 1. The monoisotopic (exact) mass is 257 g/mol. The lowest BCUT2D eigenvalue weighted by Gasteiger charge is -1.97. The maximum Gasteiger partial charge on any atom is 0.0658 e. The zero-order chi connectivity index (χ0) is 13.7. The molecule has 0 radical (unpaired) electrons. The third-order valence-electron chi connectivity index (χ3n) is 3.03. The lowest BCUT2D eigenvalue weighted by molar-refractivity contribution is 0.208. The minimum Gasteiger partial charge on any atom is -0.404 e. The van der Waals surface area contributed by atoms with Crippen LogP contribution < -0.4 is 5.73 Å². The number of methoxy groups -OCH3 is 1. The van der Waals surface area contributed by atoms with Crippen molar-refractivity contribution >= 4 is 22.7 Å². The molecule has 0 spiro atoms. The number of H-pyrrole nitrogens is 1. The summed E-state index contributed by atoms with van der Waals surface area (Å²) in [6.45, 7) is 3.34. The van der Waals surface area contributed by atoms with Crippen molar-refractivity contribution < 1.29 is 4.74 Å². The van der Waals surface area contributed by atoms with E-state index in [2.05, 4.69) is 35.1 Å². The van der Waals surface area contributed by atoms with Crippen LogP contribution in [-0.4, -0.2) is 31.5 Å². The molecule has 0 atom stereocenters. The highest BCUT2D eigenvalue weighted by molar-refractivity contribution is 6.10. The SMILES string of the molecule is COCCN=C/C(=C\N)c1cc2c(C)cccc2[nH]1. The van der Waals surface area contributed by atoms with Crippen LogP contribution in [0, 0.1) is 6.92 Å². The Morgan fingerprint density at radius 2 is 2.32 bits per heavy atom. The Hall–Kier alpha value is -2.07. The fraction of sp³-hybridized carbons (Fsp3) is 0.267. The molecule has 4 nitrogen and oxygen atoms in total. The number of aryl methyl sites for hydroxylation is 1. The predicted octanol–water partition coefficient (Wildman–Crippen LogP) is 2.49. The molecule has 0 aliphatic rings. The van der Waals surface area contributed by atoms with Crippen LogP contribution in [0.2, 0.25) is 0 Å². The minimum absolute atomic E-state index is 0.611. The van der Waals surface area contributed by atoms with Gasteiger partial charge in [0.1, 0.15) is 0 Å². The van der Waals surface area contributed by atoms with E-state index in [0.29, 0.717) is 13.2 Å². The summed E-state index contributed by atoms with van der Waals surface area (Å²) in [6, 6.07) is 8.29. The first-order valence-corrected chi connectivity index (χ1v) is 6.25. The van der Waals surface area contributed by atoms with Crippen molar-refractivity contribution in [1.82, 2.24) is 4.98 Å². The number of allylic oxidation sites excluding steroid dienone is 1. The van der Waals surface area contributed by atoms with E-state index in [4.69, 9.17) is 10.5 Å². The molecule has 1 heterocycles. The van der Waals surface area contributed by atoms with Crippen LogP contribution in [0.3, 0.4) is 0 Å². The Labute approximate surface area is 113 Å². The number of nitrogens with one attached hydrogen (secondary N) is 1. The van der Waals surface area contributed by atoms with E-state index < -0.39 is 0 Å². The molecule has 0 saturated heterocycles. The van der Waals surface area contributed by atoms with Crippen LogP contribution in [0.25, 0.3) is 16.5 Å². The predicted molar refractivity (Wildman–Crippen MR) is 80.4 cm³/mol. The molecule has 0 saturated carbocycles. The summed E-state index contributed by atoms with van der Waals surface area (Å²) in [5.74, 6) is 0. The fourth-order valence-corrected chi connectivity index (χ4v) is 1.97. The maximum absolute atomic E-state index is 5.67. The second-order valence-electron chi connectivity index (χ2n) is 4.37. The molecule has 3 N–H and O–H groups in total. The van der Waals surface area contributed by atoms with Gasteiger partial charge in [0.15, 0.2) is 0 Å². The highest BCUT2D eigenvalue weighted by atomic mass is 16.5. The summed E-state index contributed by atoms with van der Waals surface area (Å²) in [6.07, 6.45) is 3.34. The van der Waals surface area contributed by atoms with Crippen LogP contribution in [0.15, 0.2) is 35.5 Å². The molecule has 0 aliphatic carbocycles. The number of ether oxygens (including phenoxy) is 1. The van der Waals surface area contributed by atoms with E-state index in [0.717, 1.165) is 16.8 Å². The lowest BCUT2D eigenvalue weighted by atomic mass is 10.1. The van der Waals surface area contributed by atoms with Crippen molar-refractivity contribution in [3.63, 3.8) is 0 Å². The molecule has 100 valence electrons. The molecular formula is C15H19N3O. The largest absolute Gasteiger partial charge is 0.404 e. The first kappa shape index (κ1) is 13.4. The van der Waals surface area contributed by atoms with Gasteiger partial charge in [-0.25, -0.2) is 0 Å². The van der Waals surface area contributed by atoms with Crippen molar-refractivity contribution in [2.45, 2.75) is 6.92 Å². The summed E-state index contributed by atoms with van der Waals surface area (Å²) in [5.41, 5.74) is 9.89. The van der Waals surface area contributed by atoms with Gasteiger partial charge in [-0.3, -0.25) is 4.99 Å². The Morgan fingerprint density at radius 3 is 3.00 bits per heavy atom. The molecule has 19 heavy (non-hydrogen) atoms. The van der Waals surface area contributed by atoms with Crippen LogP contribution in [0.1, 0.15) is 11.3 Å². The summed E-state index contributed by atoms with van der Waals surface area (Å²) in [7, 11) is 1.66. The number of aromatic amines is 1. The number of fused-ring (bicyclic) bond motifs is 1. The number of hydrogen-bond acceptors (Lipinski definition) is 3. The molecule has 0 amide bonds. The normalized spacial score (nSPS) is 12.6. The van der Waals surface area contributed by atoms with Crippen LogP contribution in [0.5, 0.6) is 0 Å². The highest BCUT2D eigenvalue weighted by Crippen LogP contribution is 2.22. The van der Waals surface area contributed by atoms with Gasteiger partial charge in [0.05, 0.1) is 13.2 Å². The highest BCUT2D eigenvalue weighted by Gasteiger charge is 2.05. The van der Waals surface area contributed by atoms with Crippen LogP contribution >= 0.6 is 0 Å². The molecule has 0 fully saturated rings. The second-order valence-corrected chi connectivity index (χ2v) is 4.37. The number of nitrogens with two attached hydrogens (primary N) is 1. The van der Waals surface area contributed by atoms with Gasteiger partial charge in [-0.1, -0.05) is 12.1 Å². The van der Waals surface area contributed by atoms with E-state index in [1.54, 1.807) is 19.5 Å². The van der Waals surface area contributed by atoms with Gasteiger partial charge in [-0.15, -0.1) is 0 Å². The van der Waals surface area contributed by atoms with Gasteiger partial charge in [-0.05, 0) is 24.6 Å². The van der Waals surface area contributed by atoms with Gasteiger partial charge < -0.3 is 15.5 Å². The summed E-state index contributed by atoms with van der Waals surface area (Å²) in [4.78, 5) is 7.64. The molecule has 2 aromatic rings. The standard InChI is InChI=1S/C15H19N3O/c1-11-4-3-5-14-13(11)8-15(18-14)12(9-16)10-17-6-7-19-2/h3-5,8-10,18H,6-7,16H2,1-2H3/b12-9+,17-10?. The van der Waals surface area contributed by atoms with E-state index >= 15 is 0 Å². The number of rotatable bonds is 5.